The lowest BCUT2D eigenvalue weighted by atomic mass is 9.47. The molecule has 4 rings (SSSR count). The molecule has 0 spiro atoms. The van der Waals surface area contributed by atoms with Gasteiger partial charge >= 0.3 is 5.97 Å². The summed E-state index contributed by atoms with van der Waals surface area (Å²) in [6, 6.07) is 0. The van der Waals surface area contributed by atoms with Crippen molar-refractivity contribution in [3.8, 4) is 0 Å². The van der Waals surface area contributed by atoms with E-state index in [4.69, 9.17) is 14.2 Å². The SMILES string of the molecule is COCCOCCCNC(=O)CCC(=O)O[C@H]1CC[C@@]2(C)C(=CC[C@H]3[C@@H]4CC[C@H]([C@H](C)CCCC(C)C)[C@@]4(C)CC[C@@H]32)C1. The van der Waals surface area contributed by atoms with Crippen molar-refractivity contribution in [3.63, 3.8) is 0 Å². The molecule has 4 aliphatic rings. The van der Waals surface area contributed by atoms with E-state index in [0.717, 1.165) is 61.2 Å². The Balaban J connectivity index is 1.23. The van der Waals surface area contributed by atoms with E-state index in [9.17, 15) is 9.59 Å². The van der Waals surface area contributed by atoms with Crippen molar-refractivity contribution < 1.29 is 23.8 Å². The van der Waals surface area contributed by atoms with Gasteiger partial charge in [-0.05, 0) is 97.7 Å². The first kappa shape index (κ1) is 34.5. The van der Waals surface area contributed by atoms with Gasteiger partial charge in [-0.2, -0.15) is 0 Å². The zero-order chi connectivity index (χ0) is 31.0. The number of methoxy groups -OCH3 is 1. The fourth-order valence-electron chi connectivity index (χ4n) is 9.95. The predicted octanol–water partition coefficient (Wildman–Crippen LogP) is 7.89. The molecule has 6 heteroatoms. The zero-order valence-electron chi connectivity index (χ0n) is 28.4. The Morgan fingerprint density at radius 2 is 1.77 bits per heavy atom. The Hall–Kier alpha value is -1.40. The average Bonchev–Trinajstić information content (AvgIpc) is 3.33. The van der Waals surface area contributed by atoms with E-state index in [2.05, 4.69) is 46.0 Å². The number of carbonyl (C=O) groups excluding carboxylic acids is 2. The maximum atomic E-state index is 12.7. The summed E-state index contributed by atoms with van der Waals surface area (Å²) in [7, 11) is 1.65. The first-order chi connectivity index (χ1) is 20.6. The number of allylic oxidation sites excluding steroid dienone is 1. The van der Waals surface area contributed by atoms with Crippen LogP contribution in [0, 0.1) is 46.3 Å². The van der Waals surface area contributed by atoms with Gasteiger partial charge in [0.15, 0.2) is 0 Å². The number of esters is 1. The van der Waals surface area contributed by atoms with Crippen molar-refractivity contribution in [2.75, 3.05) is 33.5 Å². The van der Waals surface area contributed by atoms with Crippen molar-refractivity contribution in [1.29, 1.82) is 0 Å². The second kappa shape index (κ2) is 15.7. The van der Waals surface area contributed by atoms with Gasteiger partial charge in [0.2, 0.25) is 5.91 Å². The van der Waals surface area contributed by atoms with Crippen LogP contribution in [0.15, 0.2) is 11.6 Å². The largest absolute Gasteiger partial charge is 0.462 e. The molecule has 0 aromatic rings. The predicted molar refractivity (Wildman–Crippen MR) is 172 cm³/mol. The molecule has 0 heterocycles. The molecule has 3 saturated carbocycles. The monoisotopic (exact) mass is 601 g/mol. The van der Waals surface area contributed by atoms with Crippen LogP contribution in [-0.4, -0.2) is 51.5 Å². The van der Waals surface area contributed by atoms with Crippen LogP contribution >= 0.6 is 0 Å². The van der Waals surface area contributed by atoms with Crippen molar-refractivity contribution >= 4 is 11.9 Å². The fraction of sp³-hybridized carbons (Fsp3) is 0.892. The van der Waals surface area contributed by atoms with Gasteiger partial charge in [-0.1, -0.05) is 65.5 Å². The van der Waals surface area contributed by atoms with Crippen LogP contribution in [0.4, 0.5) is 0 Å². The highest BCUT2D eigenvalue weighted by Crippen LogP contribution is 2.67. The molecule has 246 valence electrons. The van der Waals surface area contributed by atoms with Crippen LogP contribution in [-0.2, 0) is 23.8 Å². The summed E-state index contributed by atoms with van der Waals surface area (Å²) in [6.07, 6.45) is 17.5. The second-order valence-electron chi connectivity index (χ2n) is 15.5. The third kappa shape index (κ3) is 8.45. The van der Waals surface area contributed by atoms with E-state index in [0.29, 0.717) is 31.8 Å². The molecule has 4 aliphatic carbocycles. The van der Waals surface area contributed by atoms with Gasteiger partial charge in [-0.15, -0.1) is 0 Å². The number of fused-ring (bicyclic) bond motifs is 5. The van der Waals surface area contributed by atoms with Gasteiger partial charge in [0.1, 0.15) is 6.10 Å². The van der Waals surface area contributed by atoms with Crippen LogP contribution in [0.25, 0.3) is 0 Å². The highest BCUT2D eigenvalue weighted by atomic mass is 16.5. The lowest BCUT2D eigenvalue weighted by molar-refractivity contribution is -0.152. The van der Waals surface area contributed by atoms with Crippen LogP contribution in [0.1, 0.15) is 125 Å². The van der Waals surface area contributed by atoms with E-state index < -0.39 is 0 Å². The highest BCUT2D eigenvalue weighted by molar-refractivity contribution is 5.81. The molecule has 0 aromatic carbocycles. The Morgan fingerprint density at radius 3 is 2.53 bits per heavy atom. The molecule has 43 heavy (non-hydrogen) atoms. The van der Waals surface area contributed by atoms with Crippen molar-refractivity contribution in [1.82, 2.24) is 5.32 Å². The average molecular weight is 602 g/mol. The maximum Gasteiger partial charge on any atom is 0.306 e. The second-order valence-corrected chi connectivity index (χ2v) is 15.5. The molecule has 0 bridgehead atoms. The molecule has 0 saturated heterocycles. The van der Waals surface area contributed by atoms with E-state index in [1.54, 1.807) is 12.7 Å². The summed E-state index contributed by atoms with van der Waals surface area (Å²) in [5.74, 6) is 4.66. The quantitative estimate of drug-likeness (QED) is 0.111. The van der Waals surface area contributed by atoms with Gasteiger partial charge in [0, 0.05) is 33.1 Å². The Morgan fingerprint density at radius 1 is 0.953 bits per heavy atom. The molecule has 1 amide bonds. The van der Waals surface area contributed by atoms with Gasteiger partial charge in [0.25, 0.3) is 0 Å². The third-order valence-corrected chi connectivity index (χ3v) is 12.3. The first-order valence-electron chi connectivity index (χ1n) is 17.8. The molecular formula is C37H63NO5. The van der Waals surface area contributed by atoms with Crippen LogP contribution in [0.2, 0.25) is 0 Å². The minimum atomic E-state index is -0.242. The van der Waals surface area contributed by atoms with Gasteiger partial charge in [0.05, 0.1) is 19.6 Å². The molecule has 0 radical (unpaired) electrons. The number of carbonyl (C=O) groups is 2. The number of ether oxygens (including phenoxy) is 3. The van der Waals surface area contributed by atoms with E-state index in [-0.39, 0.29) is 36.2 Å². The molecular weight excluding hydrogens is 538 g/mol. The van der Waals surface area contributed by atoms with Gasteiger partial charge in [-0.25, -0.2) is 0 Å². The van der Waals surface area contributed by atoms with Crippen LogP contribution in [0.3, 0.4) is 0 Å². The lowest BCUT2D eigenvalue weighted by Gasteiger charge is -2.58. The Kier molecular flexibility index (Phi) is 12.6. The summed E-state index contributed by atoms with van der Waals surface area (Å²) in [6.45, 7) is 14.7. The summed E-state index contributed by atoms with van der Waals surface area (Å²) < 4.78 is 16.3. The topological polar surface area (TPSA) is 73.9 Å². The van der Waals surface area contributed by atoms with Gasteiger partial charge < -0.3 is 19.5 Å². The van der Waals surface area contributed by atoms with Crippen molar-refractivity contribution in [2.24, 2.45) is 46.3 Å². The number of nitrogens with one attached hydrogen (secondary N) is 1. The summed E-state index contributed by atoms with van der Waals surface area (Å²) in [5.41, 5.74) is 2.31. The molecule has 8 atom stereocenters. The number of hydrogen-bond donors (Lipinski definition) is 1. The standard InChI is InChI=1S/C37H63NO5/c1-26(2)9-7-10-27(3)31-13-14-32-30-12-11-28-25-29(17-19-36(28,4)33(30)18-20-37(31,32)5)43-35(40)16-15-34(39)38-21-8-22-42-24-23-41-6/h11,26-27,29-33H,7-10,12-25H2,1-6H3,(H,38,39)/t27-,29+,30+,31-,32+,33+,36+,37-/m1/s1. The van der Waals surface area contributed by atoms with Crippen LogP contribution in [0.5, 0.6) is 0 Å². The number of rotatable bonds is 16. The van der Waals surface area contributed by atoms with Crippen molar-refractivity contribution in [2.45, 2.75) is 131 Å². The summed E-state index contributed by atoms with van der Waals surface area (Å²) >= 11 is 0. The summed E-state index contributed by atoms with van der Waals surface area (Å²) in [5, 5.41) is 2.87. The van der Waals surface area contributed by atoms with E-state index in [1.165, 1.54) is 51.4 Å². The minimum absolute atomic E-state index is 0.0490. The Labute approximate surface area is 262 Å². The third-order valence-electron chi connectivity index (χ3n) is 12.3. The minimum Gasteiger partial charge on any atom is -0.462 e. The zero-order valence-corrected chi connectivity index (χ0v) is 28.4. The molecule has 3 fully saturated rings. The van der Waals surface area contributed by atoms with Crippen LogP contribution < -0.4 is 5.32 Å². The fourth-order valence-corrected chi connectivity index (χ4v) is 9.95. The summed E-state index contributed by atoms with van der Waals surface area (Å²) in [4.78, 5) is 24.8. The van der Waals surface area contributed by atoms with E-state index >= 15 is 0 Å². The smallest absolute Gasteiger partial charge is 0.306 e. The molecule has 6 nitrogen and oxygen atoms in total. The number of amides is 1. The lowest BCUT2D eigenvalue weighted by Crippen LogP contribution is -2.51. The highest BCUT2D eigenvalue weighted by Gasteiger charge is 2.59. The van der Waals surface area contributed by atoms with E-state index in [1.807, 2.05) is 0 Å². The Bertz CT molecular complexity index is 947. The van der Waals surface area contributed by atoms with Gasteiger partial charge in [-0.3, -0.25) is 9.59 Å². The first-order valence-corrected chi connectivity index (χ1v) is 17.8. The van der Waals surface area contributed by atoms with Crippen molar-refractivity contribution in [3.05, 3.63) is 11.6 Å². The number of hydrogen-bond acceptors (Lipinski definition) is 5. The molecule has 0 unspecified atom stereocenters. The maximum absolute atomic E-state index is 12.7. The molecule has 1 N–H and O–H groups in total. The molecule has 0 aliphatic heterocycles. The molecule has 0 aromatic heterocycles. The normalized spacial score (nSPS) is 34.1.